The topological polar surface area (TPSA) is 46.2 Å². The van der Waals surface area contributed by atoms with Gasteiger partial charge in [0.25, 0.3) is 0 Å². The minimum Gasteiger partial charge on any atom is -0.356 e. The molecule has 19 heavy (non-hydrogen) atoms. The summed E-state index contributed by atoms with van der Waals surface area (Å²) in [6.45, 7) is 8.44. The smallest absolute Gasteiger partial charge is 0.220 e. The van der Waals surface area contributed by atoms with Gasteiger partial charge in [0, 0.05) is 19.4 Å². The van der Waals surface area contributed by atoms with Crippen molar-refractivity contribution in [3.05, 3.63) is 34.4 Å². The highest BCUT2D eigenvalue weighted by molar-refractivity contribution is 5.83. The Labute approximate surface area is 115 Å². The second-order valence-corrected chi connectivity index (χ2v) is 5.16. The molecule has 0 aliphatic carbocycles. The maximum Gasteiger partial charge on any atom is 0.220 e. The number of aryl methyl sites for hydroxylation is 3. The summed E-state index contributed by atoms with van der Waals surface area (Å²) in [5, 5.41) is 2.86. The summed E-state index contributed by atoms with van der Waals surface area (Å²) in [5.74, 6) is 0.0110. The number of hydrogen-bond acceptors (Lipinski definition) is 2. The normalized spacial score (nSPS) is 10.3. The van der Waals surface area contributed by atoms with E-state index < -0.39 is 0 Å². The van der Waals surface area contributed by atoms with Crippen molar-refractivity contribution < 1.29 is 9.59 Å². The Balaban J connectivity index is 2.43. The molecule has 0 aliphatic rings. The van der Waals surface area contributed by atoms with E-state index in [0.29, 0.717) is 19.4 Å². The average molecular weight is 261 g/mol. The predicted molar refractivity (Wildman–Crippen MR) is 77.3 cm³/mol. The number of benzene rings is 1. The highest BCUT2D eigenvalue weighted by Crippen LogP contribution is 2.15. The van der Waals surface area contributed by atoms with Gasteiger partial charge >= 0.3 is 0 Å². The van der Waals surface area contributed by atoms with E-state index in [1.165, 1.54) is 29.2 Å². The van der Waals surface area contributed by atoms with E-state index in [2.05, 4.69) is 38.2 Å². The Morgan fingerprint density at radius 3 is 2.26 bits per heavy atom. The quantitative estimate of drug-likeness (QED) is 0.855. The zero-order valence-corrected chi connectivity index (χ0v) is 12.3. The summed E-state index contributed by atoms with van der Waals surface area (Å²) in [4.78, 5) is 22.3. The molecule has 0 saturated carbocycles. The van der Waals surface area contributed by atoms with Crippen LogP contribution in [0.2, 0.25) is 0 Å². The van der Waals surface area contributed by atoms with Gasteiger partial charge in [-0.25, -0.2) is 0 Å². The lowest BCUT2D eigenvalue weighted by atomic mass is 9.99. The molecule has 0 saturated heterocycles. The maximum absolute atomic E-state index is 11.5. The van der Waals surface area contributed by atoms with Crippen molar-refractivity contribution in [1.82, 2.24) is 5.32 Å². The lowest BCUT2D eigenvalue weighted by molar-refractivity contribution is -0.124. The van der Waals surface area contributed by atoms with Crippen LogP contribution in [0.4, 0.5) is 0 Å². The molecule has 0 atom stereocenters. The van der Waals surface area contributed by atoms with Crippen LogP contribution in [0.5, 0.6) is 0 Å². The number of nitrogens with one attached hydrogen (secondary N) is 1. The van der Waals surface area contributed by atoms with Gasteiger partial charge in [0.1, 0.15) is 5.78 Å². The third-order valence-electron chi connectivity index (χ3n) is 3.37. The van der Waals surface area contributed by atoms with E-state index in [1.54, 1.807) is 0 Å². The van der Waals surface area contributed by atoms with E-state index in [4.69, 9.17) is 0 Å². The Morgan fingerprint density at radius 2 is 1.63 bits per heavy atom. The Hall–Kier alpha value is -1.64. The first-order valence-electron chi connectivity index (χ1n) is 6.73. The van der Waals surface area contributed by atoms with Crippen LogP contribution in [-0.2, 0) is 16.0 Å². The lowest BCUT2D eigenvalue weighted by Gasteiger charge is -2.10. The molecule has 1 N–H and O–H groups in total. The standard InChI is InChI=1S/C16H23NO2/c1-11-9-13(3)15(10-12(11)2)7-8-17-16(19)6-5-14(4)18/h9-10H,5-8H2,1-4H3,(H,17,19). The third kappa shape index (κ3) is 5.25. The largest absolute Gasteiger partial charge is 0.356 e. The van der Waals surface area contributed by atoms with E-state index in [9.17, 15) is 9.59 Å². The summed E-state index contributed by atoms with van der Waals surface area (Å²) < 4.78 is 0. The minimum absolute atomic E-state index is 0.0447. The second kappa shape index (κ2) is 7.07. The number of rotatable bonds is 6. The van der Waals surface area contributed by atoms with Crippen molar-refractivity contribution in [2.24, 2.45) is 0 Å². The molecular formula is C16H23NO2. The maximum atomic E-state index is 11.5. The van der Waals surface area contributed by atoms with Crippen molar-refractivity contribution in [3.8, 4) is 0 Å². The first-order valence-corrected chi connectivity index (χ1v) is 6.73. The highest BCUT2D eigenvalue weighted by Gasteiger charge is 2.05. The van der Waals surface area contributed by atoms with Crippen LogP contribution in [0.15, 0.2) is 12.1 Å². The fourth-order valence-corrected chi connectivity index (χ4v) is 2.00. The Bertz CT molecular complexity index is 478. The molecule has 104 valence electrons. The van der Waals surface area contributed by atoms with Crippen molar-refractivity contribution >= 4 is 11.7 Å². The molecule has 0 unspecified atom stereocenters. The summed E-state index contributed by atoms with van der Waals surface area (Å²) >= 11 is 0. The Kier molecular flexibility index (Phi) is 5.74. The molecule has 0 heterocycles. The van der Waals surface area contributed by atoms with Gasteiger partial charge in [-0.2, -0.15) is 0 Å². The SMILES string of the molecule is CC(=O)CCC(=O)NCCc1cc(C)c(C)cc1C. The van der Waals surface area contributed by atoms with Crippen LogP contribution in [0.25, 0.3) is 0 Å². The summed E-state index contributed by atoms with van der Waals surface area (Å²) in [5.41, 5.74) is 5.12. The van der Waals surface area contributed by atoms with Gasteiger partial charge in [0.2, 0.25) is 5.91 Å². The minimum atomic E-state index is -0.0447. The molecule has 0 aromatic heterocycles. The molecule has 1 aromatic rings. The third-order valence-corrected chi connectivity index (χ3v) is 3.37. The second-order valence-electron chi connectivity index (χ2n) is 5.16. The Morgan fingerprint density at radius 1 is 1.00 bits per heavy atom. The predicted octanol–water partition coefficient (Wildman–Crippen LogP) is 2.64. The number of amides is 1. The van der Waals surface area contributed by atoms with Crippen LogP contribution < -0.4 is 5.32 Å². The van der Waals surface area contributed by atoms with Gasteiger partial charge < -0.3 is 10.1 Å². The molecule has 0 aliphatic heterocycles. The summed E-state index contributed by atoms with van der Waals surface area (Å²) in [6.07, 6.45) is 1.45. The number of carbonyl (C=O) groups excluding carboxylic acids is 2. The van der Waals surface area contributed by atoms with Crippen LogP contribution in [0, 0.1) is 20.8 Å². The van der Waals surface area contributed by atoms with Gasteiger partial charge in [0.05, 0.1) is 0 Å². The molecule has 3 heteroatoms. The van der Waals surface area contributed by atoms with E-state index >= 15 is 0 Å². The lowest BCUT2D eigenvalue weighted by Crippen LogP contribution is -2.26. The van der Waals surface area contributed by atoms with E-state index in [0.717, 1.165) is 6.42 Å². The number of hydrogen-bond donors (Lipinski definition) is 1. The number of carbonyl (C=O) groups is 2. The van der Waals surface area contributed by atoms with E-state index in [1.807, 2.05) is 0 Å². The molecule has 0 spiro atoms. The van der Waals surface area contributed by atoms with E-state index in [-0.39, 0.29) is 11.7 Å². The molecule has 3 nitrogen and oxygen atoms in total. The van der Waals surface area contributed by atoms with Gasteiger partial charge in [0.15, 0.2) is 0 Å². The molecular weight excluding hydrogens is 238 g/mol. The molecule has 1 amide bonds. The van der Waals surface area contributed by atoms with Crippen LogP contribution >= 0.6 is 0 Å². The first-order chi connectivity index (χ1) is 8.90. The van der Waals surface area contributed by atoms with Crippen molar-refractivity contribution in [2.45, 2.75) is 47.0 Å². The fourth-order valence-electron chi connectivity index (χ4n) is 2.00. The highest BCUT2D eigenvalue weighted by atomic mass is 16.2. The molecule has 0 fully saturated rings. The number of ketones is 1. The van der Waals surface area contributed by atoms with Gasteiger partial charge in [-0.3, -0.25) is 4.79 Å². The fraction of sp³-hybridized carbons (Fsp3) is 0.500. The van der Waals surface area contributed by atoms with Crippen molar-refractivity contribution in [2.75, 3.05) is 6.54 Å². The van der Waals surface area contributed by atoms with Crippen molar-refractivity contribution in [3.63, 3.8) is 0 Å². The van der Waals surface area contributed by atoms with Crippen LogP contribution in [0.1, 0.15) is 42.0 Å². The zero-order valence-electron chi connectivity index (χ0n) is 12.3. The average Bonchev–Trinajstić information content (AvgIpc) is 2.33. The monoisotopic (exact) mass is 261 g/mol. The van der Waals surface area contributed by atoms with Crippen LogP contribution in [0.3, 0.4) is 0 Å². The van der Waals surface area contributed by atoms with Crippen LogP contribution in [-0.4, -0.2) is 18.2 Å². The van der Waals surface area contributed by atoms with Gasteiger partial charge in [-0.15, -0.1) is 0 Å². The zero-order chi connectivity index (χ0) is 14.4. The van der Waals surface area contributed by atoms with Crippen molar-refractivity contribution in [1.29, 1.82) is 0 Å². The first kappa shape index (κ1) is 15.4. The molecule has 1 rings (SSSR count). The van der Waals surface area contributed by atoms with Gasteiger partial charge in [-0.05, 0) is 56.4 Å². The summed E-state index contributed by atoms with van der Waals surface area (Å²) in [7, 11) is 0. The van der Waals surface area contributed by atoms with Gasteiger partial charge in [-0.1, -0.05) is 12.1 Å². The molecule has 0 bridgehead atoms. The summed E-state index contributed by atoms with van der Waals surface area (Å²) in [6, 6.07) is 4.37. The molecule has 0 radical (unpaired) electrons. The number of Topliss-reactive ketones (excluding diaryl/α,β-unsaturated/α-hetero) is 1. The molecule has 1 aromatic carbocycles.